The summed E-state index contributed by atoms with van der Waals surface area (Å²) in [5.41, 5.74) is 13.0. The zero-order valence-electron chi connectivity index (χ0n) is 20.9. The average molecular weight is 552 g/mol. The standard InChI is InChI=1S/C13H9.C13H10.C10H9.Zr/c1-3-7-12-10(5-1)9-11-6-2-4-8-13(11)12;1-3-7-12(8-4-1)11-13-9-5-2-6-10-13;1-8-4-2-5-9-6-3-7-10(8)9;/h1-9H;1-10H;2-7H,1H3;. The van der Waals surface area contributed by atoms with Gasteiger partial charge in [0.25, 0.3) is 0 Å². The number of hydrogen-bond acceptors (Lipinski definition) is 0. The van der Waals surface area contributed by atoms with Crippen LogP contribution in [0.3, 0.4) is 0 Å². The molecule has 0 saturated carbocycles. The van der Waals surface area contributed by atoms with Gasteiger partial charge in [-0.15, -0.1) is 0 Å². The van der Waals surface area contributed by atoms with Crippen LogP contribution in [0.15, 0.2) is 133 Å². The molecule has 0 radical (unpaired) electrons. The summed E-state index contributed by atoms with van der Waals surface area (Å²) in [6.07, 6.45) is 4.97. The van der Waals surface area contributed by atoms with Gasteiger partial charge in [0.15, 0.2) is 0 Å². The first-order chi connectivity index (χ1) is 18.3. The SMILES string of the molecule is Cc1cccc2c1C=C[CH]2[Zr](=[C](c1ccccc1)c1ccccc1)[CH]1c2ccccc2-c2ccccc21. The van der Waals surface area contributed by atoms with Gasteiger partial charge >= 0.3 is 228 Å². The van der Waals surface area contributed by atoms with Gasteiger partial charge in [0.05, 0.1) is 0 Å². The molecule has 1 unspecified atom stereocenters. The molecule has 0 heterocycles. The monoisotopic (exact) mass is 550 g/mol. The van der Waals surface area contributed by atoms with Crippen molar-refractivity contribution < 1.29 is 21.3 Å². The van der Waals surface area contributed by atoms with Crippen LogP contribution in [0.1, 0.15) is 46.2 Å². The van der Waals surface area contributed by atoms with Gasteiger partial charge in [-0.3, -0.25) is 0 Å². The molecule has 5 aromatic rings. The average Bonchev–Trinajstić information content (AvgIpc) is 3.53. The molecule has 0 amide bonds. The Morgan fingerprint density at radius 3 is 1.65 bits per heavy atom. The molecule has 0 nitrogen and oxygen atoms in total. The van der Waals surface area contributed by atoms with Crippen LogP contribution in [0.5, 0.6) is 0 Å². The van der Waals surface area contributed by atoms with Crippen LogP contribution in [0.2, 0.25) is 0 Å². The summed E-state index contributed by atoms with van der Waals surface area (Å²) in [6, 6.07) is 47.8. The molecule has 0 fully saturated rings. The molecule has 0 saturated heterocycles. The number of allylic oxidation sites excluding steroid dienone is 1. The summed E-state index contributed by atoms with van der Waals surface area (Å²) in [5, 5.41) is 0. The van der Waals surface area contributed by atoms with E-state index >= 15 is 0 Å². The third kappa shape index (κ3) is 3.80. The first-order valence-electron chi connectivity index (χ1n) is 13.1. The van der Waals surface area contributed by atoms with Crippen molar-refractivity contribution in [2.75, 3.05) is 0 Å². The van der Waals surface area contributed by atoms with Crippen LogP contribution >= 0.6 is 0 Å². The fourth-order valence-electron chi connectivity index (χ4n) is 6.45. The third-order valence-corrected chi connectivity index (χ3v) is 16.8. The molecule has 7 rings (SSSR count). The molecule has 0 aliphatic heterocycles. The number of aryl methyl sites for hydroxylation is 1. The van der Waals surface area contributed by atoms with E-state index in [1.165, 1.54) is 50.1 Å². The molecule has 0 spiro atoms. The molecular weight excluding hydrogens is 524 g/mol. The second-order valence-electron chi connectivity index (χ2n) is 10.1. The topological polar surface area (TPSA) is 0 Å². The molecule has 0 aromatic heterocycles. The predicted octanol–water partition coefficient (Wildman–Crippen LogP) is 8.72. The van der Waals surface area contributed by atoms with E-state index in [-0.39, 0.29) is 0 Å². The third-order valence-electron chi connectivity index (χ3n) is 8.04. The van der Waals surface area contributed by atoms with Gasteiger partial charge in [-0.1, -0.05) is 0 Å². The summed E-state index contributed by atoms with van der Waals surface area (Å²) >= 11 is -2.66. The Morgan fingerprint density at radius 2 is 1.05 bits per heavy atom. The first kappa shape index (κ1) is 22.8. The Morgan fingerprint density at radius 1 is 0.541 bits per heavy atom. The second kappa shape index (κ2) is 9.48. The summed E-state index contributed by atoms with van der Waals surface area (Å²) in [7, 11) is 0. The Labute approximate surface area is 227 Å². The quantitative estimate of drug-likeness (QED) is 0.209. The van der Waals surface area contributed by atoms with E-state index in [9.17, 15) is 0 Å². The van der Waals surface area contributed by atoms with E-state index in [2.05, 4.69) is 146 Å². The van der Waals surface area contributed by atoms with E-state index in [0.717, 1.165) is 0 Å². The maximum atomic E-state index is 2.56. The van der Waals surface area contributed by atoms with E-state index < -0.39 is 21.3 Å². The molecule has 2 aliphatic carbocycles. The fraction of sp³-hybridized carbons (Fsp3) is 0.0833. The van der Waals surface area contributed by atoms with Crippen molar-refractivity contribution in [2.24, 2.45) is 0 Å². The van der Waals surface area contributed by atoms with Gasteiger partial charge in [-0.25, -0.2) is 0 Å². The Kier molecular flexibility index (Phi) is 5.83. The first-order valence-corrected chi connectivity index (χ1v) is 17.2. The van der Waals surface area contributed by atoms with E-state index in [1.807, 2.05) is 0 Å². The van der Waals surface area contributed by atoms with E-state index in [1.54, 1.807) is 3.21 Å². The van der Waals surface area contributed by atoms with Gasteiger partial charge in [0.2, 0.25) is 0 Å². The molecule has 5 aromatic carbocycles. The minimum absolute atomic E-state index is 0.450. The summed E-state index contributed by atoms with van der Waals surface area (Å²) < 4.78 is 2.53. The summed E-state index contributed by atoms with van der Waals surface area (Å²) in [6.45, 7) is 2.26. The number of rotatable bonds is 4. The molecule has 1 atom stereocenters. The van der Waals surface area contributed by atoms with Crippen molar-refractivity contribution in [1.82, 2.24) is 0 Å². The molecule has 0 N–H and O–H groups in total. The minimum atomic E-state index is -2.66. The zero-order valence-corrected chi connectivity index (χ0v) is 23.4. The zero-order chi connectivity index (χ0) is 24.8. The van der Waals surface area contributed by atoms with Crippen LogP contribution in [0.25, 0.3) is 17.2 Å². The van der Waals surface area contributed by atoms with E-state index in [0.29, 0.717) is 7.25 Å². The molecule has 37 heavy (non-hydrogen) atoms. The number of hydrogen-bond donors (Lipinski definition) is 0. The van der Waals surface area contributed by atoms with Crippen molar-refractivity contribution in [3.8, 4) is 11.1 Å². The fourth-order valence-corrected chi connectivity index (χ4v) is 16.3. The van der Waals surface area contributed by atoms with Crippen molar-refractivity contribution in [3.05, 3.63) is 172 Å². The van der Waals surface area contributed by atoms with Crippen molar-refractivity contribution in [3.63, 3.8) is 0 Å². The van der Waals surface area contributed by atoms with Crippen molar-refractivity contribution in [2.45, 2.75) is 14.2 Å². The van der Waals surface area contributed by atoms with Gasteiger partial charge in [0, 0.05) is 0 Å². The number of fused-ring (bicyclic) bond motifs is 4. The Balaban J connectivity index is 1.61. The van der Waals surface area contributed by atoms with Crippen molar-refractivity contribution in [1.29, 1.82) is 0 Å². The summed E-state index contributed by atoms with van der Waals surface area (Å²) in [4.78, 5) is 0. The Hall–Kier alpha value is -3.41. The molecule has 1 heteroatoms. The number of benzene rings is 5. The second-order valence-corrected chi connectivity index (χ2v) is 16.5. The molecule has 176 valence electrons. The van der Waals surface area contributed by atoms with Crippen molar-refractivity contribution >= 4 is 9.28 Å². The summed E-state index contributed by atoms with van der Waals surface area (Å²) in [5.74, 6) is 0. The van der Waals surface area contributed by atoms with Crippen LogP contribution in [0, 0.1) is 6.92 Å². The van der Waals surface area contributed by atoms with Crippen LogP contribution in [-0.4, -0.2) is 3.21 Å². The van der Waals surface area contributed by atoms with Crippen LogP contribution in [0.4, 0.5) is 0 Å². The van der Waals surface area contributed by atoms with Gasteiger partial charge in [-0.2, -0.15) is 0 Å². The predicted molar refractivity (Wildman–Crippen MR) is 153 cm³/mol. The maximum absolute atomic E-state index is 2.66. The van der Waals surface area contributed by atoms with Crippen LogP contribution < -0.4 is 0 Å². The Bertz CT molecular complexity index is 1590. The van der Waals surface area contributed by atoms with Gasteiger partial charge in [0.1, 0.15) is 0 Å². The van der Waals surface area contributed by atoms with Gasteiger partial charge < -0.3 is 0 Å². The van der Waals surface area contributed by atoms with Crippen LogP contribution in [-0.2, 0) is 21.3 Å². The molecule has 2 aliphatic rings. The molecule has 0 bridgehead atoms. The van der Waals surface area contributed by atoms with Gasteiger partial charge in [-0.05, 0) is 0 Å². The molecular formula is C36H28Zr. The normalized spacial score (nSPS) is 15.2. The van der Waals surface area contributed by atoms with E-state index in [4.69, 9.17) is 0 Å².